The zero-order valence-electron chi connectivity index (χ0n) is 4.75. The number of nitrogens with zero attached hydrogens (tertiary/aromatic N) is 1. The van der Waals surface area contributed by atoms with Crippen LogP contribution < -0.4 is 5.73 Å². The van der Waals surface area contributed by atoms with Crippen LogP contribution in [0.1, 0.15) is 11.0 Å². The Hall–Kier alpha value is -0.480. The fourth-order valence-corrected chi connectivity index (χ4v) is 1.11. The maximum absolute atomic E-state index is 12.5. The molecule has 0 saturated carbocycles. The monoisotopic (exact) mass is 146 g/mol. The van der Waals surface area contributed by atoms with E-state index in [1.165, 1.54) is 17.5 Å². The van der Waals surface area contributed by atoms with Crippen LogP contribution in [0.2, 0.25) is 0 Å². The second kappa shape index (κ2) is 2.89. The van der Waals surface area contributed by atoms with E-state index >= 15 is 0 Å². The van der Waals surface area contributed by atoms with Gasteiger partial charge >= 0.3 is 0 Å². The molecule has 0 amide bonds. The van der Waals surface area contributed by atoms with E-state index in [0.29, 0.717) is 4.88 Å². The van der Waals surface area contributed by atoms with Crippen molar-refractivity contribution in [2.24, 2.45) is 5.73 Å². The second-order valence-electron chi connectivity index (χ2n) is 1.61. The van der Waals surface area contributed by atoms with Crippen LogP contribution in [0.3, 0.4) is 0 Å². The number of halogens is 1. The first-order chi connectivity index (χ1) is 4.34. The third-order valence-electron chi connectivity index (χ3n) is 0.967. The van der Waals surface area contributed by atoms with Crippen LogP contribution in [0.4, 0.5) is 4.39 Å². The summed E-state index contributed by atoms with van der Waals surface area (Å²) in [6.07, 6.45) is 0.472. The predicted molar refractivity (Wildman–Crippen MR) is 35.0 cm³/mol. The topological polar surface area (TPSA) is 38.9 Å². The van der Waals surface area contributed by atoms with Crippen LogP contribution in [-0.4, -0.2) is 11.5 Å². The highest BCUT2D eigenvalue weighted by atomic mass is 32.1. The molecule has 0 radical (unpaired) electrons. The van der Waals surface area contributed by atoms with E-state index in [0.717, 1.165) is 0 Å². The predicted octanol–water partition coefficient (Wildman–Crippen LogP) is 1.11. The summed E-state index contributed by atoms with van der Waals surface area (Å²) in [5.41, 5.74) is 6.66. The summed E-state index contributed by atoms with van der Waals surface area (Å²) >= 11 is 1.29. The molecule has 2 nitrogen and oxygen atoms in total. The number of rotatable bonds is 2. The molecule has 0 spiro atoms. The number of hydrogen-bond acceptors (Lipinski definition) is 3. The minimum Gasteiger partial charge on any atom is -0.327 e. The van der Waals surface area contributed by atoms with Gasteiger partial charge in [-0.25, -0.2) is 4.39 Å². The summed E-state index contributed by atoms with van der Waals surface area (Å²) in [6, 6.07) is 0. The van der Waals surface area contributed by atoms with E-state index in [1.54, 1.807) is 5.51 Å². The molecular weight excluding hydrogens is 139 g/mol. The molecule has 9 heavy (non-hydrogen) atoms. The zero-order chi connectivity index (χ0) is 6.69. The maximum atomic E-state index is 12.5. The maximum Gasteiger partial charge on any atom is 0.148 e. The smallest absolute Gasteiger partial charge is 0.148 e. The lowest BCUT2D eigenvalue weighted by Crippen LogP contribution is -2.05. The van der Waals surface area contributed by atoms with Gasteiger partial charge in [0.25, 0.3) is 0 Å². The molecule has 1 aromatic heterocycles. The van der Waals surface area contributed by atoms with Crippen LogP contribution in [0.25, 0.3) is 0 Å². The van der Waals surface area contributed by atoms with Gasteiger partial charge in [-0.1, -0.05) is 0 Å². The normalized spacial score (nSPS) is 13.6. The first kappa shape index (κ1) is 6.64. The van der Waals surface area contributed by atoms with Gasteiger partial charge in [-0.15, -0.1) is 11.3 Å². The number of nitrogens with two attached hydrogens (primary N) is 1. The van der Waals surface area contributed by atoms with Gasteiger partial charge in [0.1, 0.15) is 6.17 Å². The van der Waals surface area contributed by atoms with E-state index in [4.69, 9.17) is 5.73 Å². The summed E-state index contributed by atoms with van der Waals surface area (Å²) in [5, 5.41) is 0. The van der Waals surface area contributed by atoms with Crippen LogP contribution in [0.15, 0.2) is 11.7 Å². The van der Waals surface area contributed by atoms with E-state index in [1.807, 2.05) is 0 Å². The van der Waals surface area contributed by atoms with Crippen molar-refractivity contribution in [1.82, 2.24) is 4.98 Å². The van der Waals surface area contributed by atoms with Crippen molar-refractivity contribution in [1.29, 1.82) is 0 Å². The lowest BCUT2D eigenvalue weighted by atomic mass is 10.3. The van der Waals surface area contributed by atoms with Gasteiger partial charge in [-0.05, 0) is 0 Å². The number of alkyl halides is 1. The number of aromatic nitrogens is 1. The molecule has 1 rings (SSSR count). The molecule has 0 aliphatic heterocycles. The fourth-order valence-electron chi connectivity index (χ4n) is 0.496. The third-order valence-corrected chi connectivity index (χ3v) is 1.83. The molecule has 4 heteroatoms. The molecular formula is C5H7FN2S. The van der Waals surface area contributed by atoms with Gasteiger partial charge in [0.05, 0.1) is 10.4 Å². The number of hydrogen-bond donors (Lipinski definition) is 1. The average molecular weight is 146 g/mol. The largest absolute Gasteiger partial charge is 0.327 e. The molecule has 1 heterocycles. The van der Waals surface area contributed by atoms with Gasteiger partial charge in [-0.3, -0.25) is 4.98 Å². The van der Waals surface area contributed by atoms with Crippen molar-refractivity contribution < 1.29 is 4.39 Å². The minimum atomic E-state index is -1.03. The van der Waals surface area contributed by atoms with E-state index in [9.17, 15) is 4.39 Å². The third kappa shape index (κ3) is 1.46. The van der Waals surface area contributed by atoms with Gasteiger partial charge in [0, 0.05) is 12.7 Å². The first-order valence-electron chi connectivity index (χ1n) is 2.57. The van der Waals surface area contributed by atoms with Crippen molar-refractivity contribution in [3.63, 3.8) is 0 Å². The SMILES string of the molecule is NCC(F)c1cncs1. The molecule has 0 fully saturated rings. The summed E-state index contributed by atoms with van der Waals surface area (Å²) in [7, 11) is 0. The highest BCUT2D eigenvalue weighted by molar-refractivity contribution is 7.09. The Morgan fingerprint density at radius 3 is 3.11 bits per heavy atom. The van der Waals surface area contributed by atoms with Gasteiger partial charge < -0.3 is 5.73 Å². The van der Waals surface area contributed by atoms with Gasteiger partial charge in [-0.2, -0.15) is 0 Å². The summed E-state index contributed by atoms with van der Waals surface area (Å²) in [4.78, 5) is 4.32. The van der Waals surface area contributed by atoms with Crippen molar-refractivity contribution in [3.05, 3.63) is 16.6 Å². The van der Waals surface area contributed by atoms with Crippen molar-refractivity contribution >= 4 is 11.3 Å². The summed E-state index contributed by atoms with van der Waals surface area (Å²) in [5.74, 6) is 0. The molecule has 0 aliphatic carbocycles. The Morgan fingerprint density at radius 2 is 2.67 bits per heavy atom. The average Bonchev–Trinajstić information content (AvgIpc) is 2.37. The Labute approximate surface area is 56.5 Å². The van der Waals surface area contributed by atoms with Crippen LogP contribution in [-0.2, 0) is 0 Å². The van der Waals surface area contributed by atoms with Crippen molar-refractivity contribution in [2.45, 2.75) is 6.17 Å². The molecule has 2 N–H and O–H groups in total. The van der Waals surface area contributed by atoms with E-state index in [2.05, 4.69) is 4.98 Å². The van der Waals surface area contributed by atoms with Gasteiger partial charge in [0.15, 0.2) is 0 Å². The lowest BCUT2D eigenvalue weighted by molar-refractivity contribution is 0.358. The molecule has 1 aromatic rings. The molecule has 1 unspecified atom stereocenters. The Bertz CT molecular complexity index is 163. The standard InChI is InChI=1S/C5H7FN2S/c6-4(1-7)5-2-8-3-9-5/h2-4H,1,7H2. The molecule has 50 valence electrons. The Balaban J connectivity index is 2.65. The minimum absolute atomic E-state index is 0.0438. The zero-order valence-corrected chi connectivity index (χ0v) is 5.57. The van der Waals surface area contributed by atoms with Crippen LogP contribution >= 0.6 is 11.3 Å². The van der Waals surface area contributed by atoms with E-state index in [-0.39, 0.29) is 6.54 Å². The lowest BCUT2D eigenvalue weighted by Gasteiger charge is -1.97. The van der Waals surface area contributed by atoms with Crippen molar-refractivity contribution in [3.8, 4) is 0 Å². The second-order valence-corrected chi connectivity index (χ2v) is 2.52. The molecule has 0 bridgehead atoms. The molecule has 0 aliphatic rings. The summed E-state index contributed by atoms with van der Waals surface area (Å²) < 4.78 is 12.5. The Morgan fingerprint density at radius 1 is 1.89 bits per heavy atom. The summed E-state index contributed by atoms with van der Waals surface area (Å²) in [6.45, 7) is 0.0438. The first-order valence-corrected chi connectivity index (χ1v) is 3.45. The molecule has 0 aromatic carbocycles. The highest BCUT2D eigenvalue weighted by Gasteiger charge is 2.06. The quantitative estimate of drug-likeness (QED) is 0.678. The van der Waals surface area contributed by atoms with Crippen LogP contribution in [0.5, 0.6) is 0 Å². The Kier molecular flexibility index (Phi) is 2.13. The van der Waals surface area contributed by atoms with E-state index < -0.39 is 6.17 Å². The molecule has 1 atom stereocenters. The highest BCUT2D eigenvalue weighted by Crippen LogP contribution is 2.18. The van der Waals surface area contributed by atoms with Crippen molar-refractivity contribution in [2.75, 3.05) is 6.54 Å². The van der Waals surface area contributed by atoms with Gasteiger partial charge in [0.2, 0.25) is 0 Å². The van der Waals surface area contributed by atoms with Crippen LogP contribution in [0, 0.1) is 0 Å². The fraction of sp³-hybridized carbons (Fsp3) is 0.400. The molecule has 0 saturated heterocycles. The number of thiazole rings is 1.